The molecule has 0 aliphatic heterocycles. The Labute approximate surface area is 106 Å². The molecule has 0 aliphatic carbocycles. The van der Waals surface area contributed by atoms with Crippen molar-refractivity contribution >= 4 is 20.7 Å². The van der Waals surface area contributed by atoms with Gasteiger partial charge in [0.2, 0.25) is 0 Å². The van der Waals surface area contributed by atoms with Crippen LogP contribution in [-0.2, 0) is 20.7 Å². The van der Waals surface area contributed by atoms with Gasteiger partial charge in [0.25, 0.3) is 0 Å². The molecule has 108 valence electrons. The largest absolute Gasteiger partial charge is 0.519 e. The molecule has 0 aliphatic rings. The molecule has 0 aromatic heterocycles. The van der Waals surface area contributed by atoms with Gasteiger partial charge >= 0.3 is 21.0 Å². The van der Waals surface area contributed by atoms with Crippen molar-refractivity contribution in [2.45, 2.75) is 15.9 Å². The smallest absolute Gasteiger partial charge is 0.194 e. The molecule has 0 N–H and O–H groups in total. The average molecular weight is 325 g/mol. The third kappa shape index (κ3) is 3.93. The van der Waals surface area contributed by atoms with E-state index in [1.807, 2.05) is 3.77 Å². The Balaban J connectivity index is 3.46. The first-order valence-corrected chi connectivity index (χ1v) is 6.98. The first-order valence-electron chi connectivity index (χ1n) is 4.36. The fourth-order valence-electron chi connectivity index (χ4n) is 0.909. The number of rotatable bonds is 2. The highest BCUT2D eigenvalue weighted by atomic mass is 32.3. The van der Waals surface area contributed by atoms with Crippen LogP contribution >= 0.6 is 0 Å². The molecule has 0 radical (unpaired) electrons. The van der Waals surface area contributed by atoms with E-state index in [1.54, 1.807) is 0 Å². The van der Waals surface area contributed by atoms with Crippen molar-refractivity contribution in [3.63, 3.8) is 0 Å². The van der Waals surface area contributed by atoms with Crippen molar-refractivity contribution in [3.8, 4) is 0 Å². The second kappa shape index (κ2) is 5.12. The third-order valence-corrected chi connectivity index (χ3v) is 4.77. The molecular weight excluding hydrogens is 320 g/mol. The van der Waals surface area contributed by atoms with Gasteiger partial charge in [-0.3, -0.25) is 0 Å². The zero-order valence-corrected chi connectivity index (χ0v) is 10.4. The quantitative estimate of drug-likeness (QED) is 0.784. The molecule has 19 heavy (non-hydrogen) atoms. The molecule has 3 nitrogen and oxygen atoms in total. The summed E-state index contributed by atoms with van der Waals surface area (Å²) >= 11 is 0. The second-order valence-electron chi connectivity index (χ2n) is 3.04. The number of alkyl halides is 6. The lowest BCUT2D eigenvalue weighted by molar-refractivity contribution is -0.0437. The van der Waals surface area contributed by atoms with Crippen molar-refractivity contribution in [2.24, 2.45) is 3.77 Å². The van der Waals surface area contributed by atoms with Crippen LogP contribution in [0.2, 0.25) is 0 Å². The summed E-state index contributed by atoms with van der Waals surface area (Å²) in [6, 6.07) is 5.31. The van der Waals surface area contributed by atoms with E-state index in [4.69, 9.17) is 0 Å². The Hall–Kier alpha value is -1.10. The van der Waals surface area contributed by atoms with E-state index < -0.39 is 36.6 Å². The predicted molar refractivity (Wildman–Crippen MR) is 55.5 cm³/mol. The second-order valence-corrected chi connectivity index (χ2v) is 6.55. The Morgan fingerprint density at radius 2 is 1.42 bits per heavy atom. The van der Waals surface area contributed by atoms with Gasteiger partial charge in [-0.2, -0.15) is 34.8 Å². The molecule has 1 aromatic carbocycles. The van der Waals surface area contributed by atoms with E-state index in [0.29, 0.717) is 0 Å². The van der Waals surface area contributed by atoms with E-state index in [-0.39, 0.29) is 0 Å². The summed E-state index contributed by atoms with van der Waals surface area (Å²) in [6.45, 7) is 0. The molecule has 0 fully saturated rings. The van der Waals surface area contributed by atoms with Crippen LogP contribution in [-0.4, -0.2) is 19.4 Å². The van der Waals surface area contributed by atoms with Crippen LogP contribution in [0, 0.1) is 0 Å². The van der Waals surface area contributed by atoms with Gasteiger partial charge in [0, 0.05) is 4.90 Å². The highest BCUT2D eigenvalue weighted by Crippen LogP contribution is 2.33. The van der Waals surface area contributed by atoms with Crippen LogP contribution in [0.1, 0.15) is 0 Å². The van der Waals surface area contributed by atoms with Crippen LogP contribution in [0.3, 0.4) is 0 Å². The maximum absolute atomic E-state index is 12.6. The minimum atomic E-state index is -6.21. The van der Waals surface area contributed by atoms with Crippen molar-refractivity contribution in [1.29, 1.82) is 0 Å². The highest BCUT2D eigenvalue weighted by Gasteiger charge is 2.48. The van der Waals surface area contributed by atoms with Crippen LogP contribution in [0.15, 0.2) is 39.0 Å². The Morgan fingerprint density at radius 1 is 0.947 bits per heavy atom. The topological polar surface area (TPSA) is 46.5 Å². The zero-order valence-electron chi connectivity index (χ0n) is 8.73. The first kappa shape index (κ1) is 16.0. The molecule has 0 amide bonds. The molecule has 0 spiro atoms. The summed E-state index contributed by atoms with van der Waals surface area (Å²) in [6.07, 6.45) is 0. The number of nitrogens with zero attached hydrogens (tertiary/aromatic N) is 1. The van der Waals surface area contributed by atoms with Gasteiger partial charge in [-0.05, 0) is 12.1 Å². The summed E-state index contributed by atoms with van der Waals surface area (Å²) < 4.78 is 97.4. The number of sulfonamides is 1. The first-order chi connectivity index (χ1) is 8.45. The molecule has 0 bridgehead atoms. The van der Waals surface area contributed by atoms with Crippen LogP contribution in [0.25, 0.3) is 0 Å². The molecule has 1 aromatic rings. The predicted octanol–water partition coefficient (Wildman–Crippen LogP) is 3.22. The van der Waals surface area contributed by atoms with Crippen molar-refractivity contribution in [2.75, 3.05) is 0 Å². The van der Waals surface area contributed by atoms with E-state index in [9.17, 15) is 34.8 Å². The standard InChI is InChI=1S/C8H5F6NO2S2/c9-7(10,11)18(6-4-2-1-3-5-6)15-19(16,17)8(12,13)14/h1-5H. The Kier molecular flexibility index (Phi) is 4.30. The number of hydrogen-bond acceptors (Lipinski definition) is 2. The monoisotopic (exact) mass is 325 g/mol. The van der Waals surface area contributed by atoms with E-state index >= 15 is 0 Å². The van der Waals surface area contributed by atoms with Gasteiger partial charge < -0.3 is 0 Å². The average Bonchev–Trinajstić information content (AvgIpc) is 2.24. The molecule has 0 saturated carbocycles. The lowest BCUT2D eigenvalue weighted by Gasteiger charge is -2.12. The van der Waals surface area contributed by atoms with Crippen molar-refractivity contribution in [1.82, 2.24) is 0 Å². The maximum atomic E-state index is 12.6. The van der Waals surface area contributed by atoms with E-state index in [1.165, 1.54) is 6.07 Å². The molecule has 11 heteroatoms. The van der Waals surface area contributed by atoms with Crippen molar-refractivity contribution < 1.29 is 34.8 Å². The Bertz CT molecular complexity index is 575. The normalized spacial score (nSPS) is 15.5. The summed E-state index contributed by atoms with van der Waals surface area (Å²) in [5.41, 5.74) is -11.1. The maximum Gasteiger partial charge on any atom is 0.519 e. The molecule has 1 rings (SSSR count). The summed E-state index contributed by atoms with van der Waals surface area (Å²) in [7, 11) is -9.61. The van der Waals surface area contributed by atoms with E-state index in [0.717, 1.165) is 24.3 Å². The van der Waals surface area contributed by atoms with Gasteiger partial charge in [0.1, 0.15) is 0 Å². The van der Waals surface area contributed by atoms with Crippen LogP contribution in [0.4, 0.5) is 26.3 Å². The lowest BCUT2D eigenvalue weighted by atomic mass is 10.4. The third-order valence-electron chi connectivity index (χ3n) is 1.65. The van der Waals surface area contributed by atoms with Gasteiger partial charge in [0.15, 0.2) is 0 Å². The molecule has 0 saturated heterocycles. The summed E-state index contributed by atoms with van der Waals surface area (Å²) in [5, 5.41) is 0. The molecule has 0 heterocycles. The van der Waals surface area contributed by atoms with Gasteiger partial charge in [0.05, 0.1) is 10.7 Å². The fourth-order valence-corrected chi connectivity index (χ4v) is 3.40. The van der Waals surface area contributed by atoms with Crippen molar-refractivity contribution in [3.05, 3.63) is 30.3 Å². The van der Waals surface area contributed by atoms with Crippen LogP contribution < -0.4 is 0 Å². The van der Waals surface area contributed by atoms with Gasteiger partial charge in [-0.25, -0.2) is 0 Å². The zero-order chi connectivity index (χ0) is 14.9. The minimum absolute atomic E-state index is 0.664. The highest BCUT2D eigenvalue weighted by molar-refractivity contribution is 8.01. The number of benzene rings is 1. The van der Waals surface area contributed by atoms with E-state index in [2.05, 4.69) is 0 Å². The fraction of sp³-hybridized carbons (Fsp3) is 0.250. The minimum Gasteiger partial charge on any atom is -0.194 e. The number of halogens is 6. The van der Waals surface area contributed by atoms with Crippen LogP contribution in [0.5, 0.6) is 0 Å². The molecule has 1 atom stereocenters. The lowest BCUT2D eigenvalue weighted by Crippen LogP contribution is -2.25. The number of hydrogen-bond donors (Lipinski definition) is 0. The summed E-state index contributed by atoms with van der Waals surface area (Å²) in [4.78, 5) is -0.664. The molecule has 1 unspecified atom stereocenters. The molecular formula is C8H5F6NO2S2. The Morgan fingerprint density at radius 3 is 1.79 bits per heavy atom. The van der Waals surface area contributed by atoms with Gasteiger partial charge in [-0.15, -0.1) is 3.77 Å². The summed E-state index contributed by atoms with van der Waals surface area (Å²) in [5.74, 6) is 0. The SMILES string of the molecule is O=S(=O)(/N=S(\c1ccccc1)C(F)(F)F)C(F)(F)F. The van der Waals surface area contributed by atoms with Gasteiger partial charge in [-0.1, -0.05) is 18.2 Å².